The number of aryl methyl sites for hydroxylation is 1. The summed E-state index contributed by atoms with van der Waals surface area (Å²) < 4.78 is 0. The molecule has 1 aromatic heterocycles. The lowest BCUT2D eigenvalue weighted by molar-refractivity contribution is -0.142. The van der Waals surface area contributed by atoms with Crippen molar-refractivity contribution in [2.45, 2.75) is 31.8 Å². The number of hydrogen-bond acceptors (Lipinski definition) is 3. The van der Waals surface area contributed by atoms with Gasteiger partial charge in [-0.3, -0.25) is 14.7 Å². The Morgan fingerprint density at radius 1 is 1.33 bits per heavy atom. The van der Waals surface area contributed by atoms with Crippen LogP contribution < -0.4 is 0 Å². The molecule has 4 nitrogen and oxygen atoms in total. The number of carboxylic acids is 1. The summed E-state index contributed by atoms with van der Waals surface area (Å²) in [5.74, 6) is -0.800. The monoisotopic (exact) mass is 364 g/mol. The van der Waals surface area contributed by atoms with E-state index in [0.29, 0.717) is 23.0 Å². The smallest absolute Gasteiger partial charge is 0.320 e. The standard InChI is InChI=1S/C18H18Cl2N2O2/c1-11-4-2-8-21-16(11)17(12-6-7-13(19)14(20)10-12)22-9-3-5-15(22)18(23)24/h2,4,6-8,10,15,17H,3,5,9H2,1H3,(H,23,24). The van der Waals surface area contributed by atoms with Crippen LogP contribution in [0.1, 0.15) is 35.7 Å². The minimum Gasteiger partial charge on any atom is -0.480 e. The maximum Gasteiger partial charge on any atom is 0.320 e. The van der Waals surface area contributed by atoms with Crippen molar-refractivity contribution in [1.82, 2.24) is 9.88 Å². The number of aromatic nitrogens is 1. The zero-order valence-electron chi connectivity index (χ0n) is 13.2. The lowest BCUT2D eigenvalue weighted by Crippen LogP contribution is -2.39. The van der Waals surface area contributed by atoms with E-state index in [0.717, 1.165) is 23.2 Å². The molecule has 1 aliphatic rings. The van der Waals surface area contributed by atoms with Gasteiger partial charge in [-0.1, -0.05) is 35.3 Å². The zero-order chi connectivity index (χ0) is 17.3. The van der Waals surface area contributed by atoms with Crippen LogP contribution in [0.25, 0.3) is 0 Å². The van der Waals surface area contributed by atoms with Crippen molar-refractivity contribution in [3.63, 3.8) is 0 Å². The highest BCUT2D eigenvalue weighted by molar-refractivity contribution is 6.42. The average Bonchev–Trinajstić information content (AvgIpc) is 3.02. The molecule has 0 spiro atoms. The first kappa shape index (κ1) is 17.2. The van der Waals surface area contributed by atoms with Crippen LogP contribution in [0.3, 0.4) is 0 Å². The Morgan fingerprint density at radius 3 is 2.79 bits per heavy atom. The fourth-order valence-electron chi connectivity index (χ4n) is 3.34. The van der Waals surface area contributed by atoms with E-state index in [-0.39, 0.29) is 6.04 Å². The van der Waals surface area contributed by atoms with Crippen LogP contribution in [0.4, 0.5) is 0 Å². The van der Waals surface area contributed by atoms with E-state index in [1.54, 1.807) is 18.3 Å². The second kappa shape index (κ2) is 7.09. The van der Waals surface area contributed by atoms with Crippen LogP contribution in [-0.2, 0) is 4.79 Å². The van der Waals surface area contributed by atoms with Gasteiger partial charge in [0.25, 0.3) is 0 Å². The number of aliphatic carboxylic acids is 1. The van der Waals surface area contributed by atoms with E-state index in [1.807, 2.05) is 30.0 Å². The Labute approximate surface area is 151 Å². The van der Waals surface area contributed by atoms with Crippen molar-refractivity contribution in [2.75, 3.05) is 6.54 Å². The number of benzene rings is 1. The van der Waals surface area contributed by atoms with Gasteiger partial charge in [-0.25, -0.2) is 0 Å². The molecule has 0 aliphatic carbocycles. The van der Waals surface area contributed by atoms with E-state index >= 15 is 0 Å². The van der Waals surface area contributed by atoms with Crippen LogP contribution in [0.2, 0.25) is 10.0 Å². The van der Waals surface area contributed by atoms with Crippen LogP contribution in [0.15, 0.2) is 36.5 Å². The number of carboxylic acid groups (broad SMARTS) is 1. The molecule has 1 fully saturated rings. The van der Waals surface area contributed by atoms with E-state index in [1.165, 1.54) is 0 Å². The fraction of sp³-hybridized carbons (Fsp3) is 0.333. The zero-order valence-corrected chi connectivity index (χ0v) is 14.8. The Kier molecular flexibility index (Phi) is 5.09. The maximum absolute atomic E-state index is 11.7. The topological polar surface area (TPSA) is 53.4 Å². The first-order valence-corrected chi connectivity index (χ1v) is 8.59. The molecule has 2 aromatic rings. The van der Waals surface area contributed by atoms with Crippen molar-refractivity contribution in [2.24, 2.45) is 0 Å². The summed E-state index contributed by atoms with van der Waals surface area (Å²) in [5.41, 5.74) is 2.77. The highest BCUT2D eigenvalue weighted by Gasteiger charge is 2.38. The molecule has 0 saturated carbocycles. The molecule has 2 unspecified atom stereocenters. The number of rotatable bonds is 4. The van der Waals surface area contributed by atoms with Crippen LogP contribution in [0.5, 0.6) is 0 Å². The largest absolute Gasteiger partial charge is 0.480 e. The van der Waals surface area contributed by atoms with Gasteiger partial charge in [0.1, 0.15) is 6.04 Å². The van der Waals surface area contributed by atoms with Crippen LogP contribution >= 0.6 is 23.2 Å². The molecule has 1 aromatic carbocycles. The van der Waals surface area contributed by atoms with Gasteiger partial charge >= 0.3 is 5.97 Å². The molecule has 1 N–H and O–H groups in total. The summed E-state index contributed by atoms with van der Waals surface area (Å²) in [4.78, 5) is 18.2. The summed E-state index contributed by atoms with van der Waals surface area (Å²) in [6, 6.07) is 8.53. The van der Waals surface area contributed by atoms with E-state index in [4.69, 9.17) is 23.2 Å². The maximum atomic E-state index is 11.7. The van der Waals surface area contributed by atoms with Gasteiger partial charge < -0.3 is 5.11 Å². The number of halogens is 2. The summed E-state index contributed by atoms with van der Waals surface area (Å²) in [5, 5.41) is 10.5. The number of carbonyl (C=O) groups is 1. The van der Waals surface area contributed by atoms with E-state index < -0.39 is 12.0 Å². The molecule has 6 heteroatoms. The molecule has 1 saturated heterocycles. The lowest BCUT2D eigenvalue weighted by atomic mass is 9.97. The van der Waals surface area contributed by atoms with Gasteiger partial charge in [-0.05, 0) is 49.1 Å². The highest BCUT2D eigenvalue weighted by atomic mass is 35.5. The van der Waals surface area contributed by atoms with Crippen molar-refractivity contribution in [3.05, 3.63) is 63.4 Å². The van der Waals surface area contributed by atoms with Gasteiger partial charge in [0, 0.05) is 12.7 Å². The summed E-state index contributed by atoms with van der Waals surface area (Å²) >= 11 is 12.2. The Morgan fingerprint density at radius 2 is 2.12 bits per heavy atom. The van der Waals surface area contributed by atoms with Gasteiger partial charge in [0.05, 0.1) is 21.8 Å². The Bertz CT molecular complexity index is 766. The first-order valence-electron chi connectivity index (χ1n) is 7.84. The summed E-state index contributed by atoms with van der Waals surface area (Å²) in [7, 11) is 0. The molecule has 0 bridgehead atoms. The molecule has 3 rings (SSSR count). The van der Waals surface area contributed by atoms with E-state index in [9.17, 15) is 9.90 Å². The van der Waals surface area contributed by atoms with Crippen LogP contribution in [-0.4, -0.2) is 33.5 Å². The number of pyridine rings is 1. The third-order valence-electron chi connectivity index (χ3n) is 4.48. The summed E-state index contributed by atoms with van der Waals surface area (Å²) in [6.45, 7) is 2.69. The van der Waals surface area contributed by atoms with Crippen LogP contribution in [0, 0.1) is 6.92 Å². The van der Waals surface area contributed by atoms with Crippen molar-refractivity contribution >= 4 is 29.2 Å². The van der Waals surface area contributed by atoms with Gasteiger partial charge in [-0.2, -0.15) is 0 Å². The third-order valence-corrected chi connectivity index (χ3v) is 5.22. The molecule has 1 aliphatic heterocycles. The molecule has 126 valence electrons. The molecule has 2 heterocycles. The van der Waals surface area contributed by atoms with Crippen molar-refractivity contribution < 1.29 is 9.90 Å². The molecule has 24 heavy (non-hydrogen) atoms. The Hall–Kier alpha value is -1.62. The minimum atomic E-state index is -0.800. The third kappa shape index (κ3) is 3.27. The predicted octanol–water partition coefficient (Wildman–Crippen LogP) is 4.34. The van der Waals surface area contributed by atoms with Gasteiger partial charge in [0.15, 0.2) is 0 Å². The van der Waals surface area contributed by atoms with Gasteiger partial charge in [0.2, 0.25) is 0 Å². The van der Waals surface area contributed by atoms with Crippen molar-refractivity contribution in [1.29, 1.82) is 0 Å². The molecular weight excluding hydrogens is 347 g/mol. The molecule has 0 radical (unpaired) electrons. The van der Waals surface area contributed by atoms with Crippen molar-refractivity contribution in [3.8, 4) is 0 Å². The van der Waals surface area contributed by atoms with Gasteiger partial charge in [-0.15, -0.1) is 0 Å². The molecule has 2 atom stereocenters. The highest BCUT2D eigenvalue weighted by Crippen LogP contribution is 2.37. The summed E-state index contributed by atoms with van der Waals surface area (Å²) in [6.07, 6.45) is 3.22. The normalized spacial score (nSPS) is 19.4. The second-order valence-corrected chi connectivity index (χ2v) is 6.83. The molecule has 0 amide bonds. The lowest BCUT2D eigenvalue weighted by Gasteiger charge is -2.32. The number of likely N-dealkylation sites (tertiary alicyclic amines) is 1. The SMILES string of the molecule is Cc1cccnc1C(c1ccc(Cl)c(Cl)c1)N1CCCC1C(=O)O. The minimum absolute atomic E-state index is 0.260. The van der Waals surface area contributed by atoms with E-state index in [2.05, 4.69) is 4.98 Å². The quantitative estimate of drug-likeness (QED) is 0.876. The fourth-order valence-corrected chi connectivity index (χ4v) is 3.64. The number of hydrogen-bond donors (Lipinski definition) is 1. The number of nitrogens with zero attached hydrogens (tertiary/aromatic N) is 2. The average molecular weight is 365 g/mol. The Balaban J connectivity index is 2.12. The molecular formula is C18H18Cl2N2O2. The predicted molar refractivity (Wildman–Crippen MR) is 94.6 cm³/mol. The first-order chi connectivity index (χ1) is 11.5. The second-order valence-electron chi connectivity index (χ2n) is 6.02.